The normalized spacial score (nSPS) is 15.9. The molecular formula is C34H42N10O3. The van der Waals surface area contributed by atoms with Crippen molar-refractivity contribution < 1.29 is 14.3 Å². The zero-order valence-electron chi connectivity index (χ0n) is 27.1. The third-order valence-electron chi connectivity index (χ3n) is 8.37. The molecule has 2 aliphatic rings. The van der Waals surface area contributed by atoms with E-state index >= 15 is 0 Å². The Hall–Kier alpha value is -5.19. The first kappa shape index (κ1) is 33.2. The molecule has 13 heteroatoms. The van der Waals surface area contributed by atoms with Gasteiger partial charge < -0.3 is 36.2 Å². The third kappa shape index (κ3) is 8.35. The van der Waals surface area contributed by atoms with E-state index in [2.05, 4.69) is 60.3 Å². The van der Waals surface area contributed by atoms with Gasteiger partial charge in [0.25, 0.3) is 0 Å². The second-order valence-corrected chi connectivity index (χ2v) is 12.0. The van der Waals surface area contributed by atoms with Crippen molar-refractivity contribution in [2.75, 3.05) is 67.2 Å². The molecule has 0 spiro atoms. The van der Waals surface area contributed by atoms with Crippen molar-refractivity contribution in [1.29, 1.82) is 5.26 Å². The highest BCUT2D eigenvalue weighted by atomic mass is 16.5. The molecule has 3 heterocycles. The van der Waals surface area contributed by atoms with E-state index in [1.165, 1.54) is 12.3 Å². The number of aromatic nitrogens is 2. The molecule has 3 aromatic rings. The highest BCUT2D eigenvalue weighted by Gasteiger charge is 2.27. The first-order valence-electron chi connectivity index (χ1n) is 15.8. The van der Waals surface area contributed by atoms with E-state index in [1.54, 1.807) is 18.2 Å². The van der Waals surface area contributed by atoms with Gasteiger partial charge in [-0.15, -0.1) is 0 Å². The lowest BCUT2D eigenvalue weighted by Gasteiger charge is -2.42. The smallest absolute Gasteiger partial charge is 0.248 e. The Morgan fingerprint density at radius 2 is 1.77 bits per heavy atom. The maximum absolute atomic E-state index is 12.4. The van der Waals surface area contributed by atoms with Crippen LogP contribution in [0.25, 0.3) is 0 Å². The van der Waals surface area contributed by atoms with Crippen LogP contribution < -0.4 is 31.3 Å². The number of nitrogens with one attached hydrogen (secondary N) is 3. The number of benzene rings is 2. The molecule has 0 atom stereocenters. The van der Waals surface area contributed by atoms with Gasteiger partial charge in [0.05, 0.1) is 29.4 Å². The van der Waals surface area contributed by atoms with Crippen molar-refractivity contribution in [3.63, 3.8) is 0 Å². The number of anilines is 6. The second-order valence-electron chi connectivity index (χ2n) is 12.0. The fourth-order valence-electron chi connectivity index (χ4n) is 5.80. The number of piperidine rings is 1. The van der Waals surface area contributed by atoms with Gasteiger partial charge in [-0.2, -0.15) is 10.2 Å². The van der Waals surface area contributed by atoms with Crippen LogP contribution in [0.3, 0.4) is 0 Å². The molecule has 5 N–H and O–H groups in total. The molecule has 2 amide bonds. The lowest BCUT2D eigenvalue weighted by molar-refractivity contribution is -0.111. The van der Waals surface area contributed by atoms with E-state index in [0.29, 0.717) is 28.9 Å². The molecule has 0 saturated carbocycles. The number of piperazine rings is 1. The second kappa shape index (κ2) is 14.9. The van der Waals surface area contributed by atoms with Gasteiger partial charge in [0.2, 0.25) is 17.8 Å². The van der Waals surface area contributed by atoms with Crippen LogP contribution in [0.15, 0.2) is 55.3 Å². The van der Waals surface area contributed by atoms with Gasteiger partial charge in [-0.1, -0.05) is 6.58 Å². The van der Waals surface area contributed by atoms with Gasteiger partial charge in [-0.05, 0) is 76.2 Å². The Balaban J connectivity index is 1.36. The van der Waals surface area contributed by atoms with Crippen molar-refractivity contribution in [3.05, 3.63) is 66.4 Å². The molecule has 0 aliphatic carbocycles. The summed E-state index contributed by atoms with van der Waals surface area (Å²) in [7, 11) is 2.18. The number of ether oxygens (including phenoxy) is 1. The number of carbonyl (C=O) groups excluding carboxylic acids is 2. The summed E-state index contributed by atoms with van der Waals surface area (Å²) >= 11 is 0. The quantitative estimate of drug-likeness (QED) is 0.224. The van der Waals surface area contributed by atoms with E-state index in [-0.39, 0.29) is 34.9 Å². The number of hydrogen-bond donors (Lipinski definition) is 4. The van der Waals surface area contributed by atoms with E-state index in [9.17, 15) is 14.9 Å². The van der Waals surface area contributed by atoms with Crippen molar-refractivity contribution >= 4 is 46.3 Å². The molecular weight excluding hydrogens is 596 g/mol. The summed E-state index contributed by atoms with van der Waals surface area (Å²) in [6, 6.07) is 13.3. The van der Waals surface area contributed by atoms with E-state index in [4.69, 9.17) is 10.5 Å². The Kier molecular flexibility index (Phi) is 10.5. The van der Waals surface area contributed by atoms with E-state index in [1.807, 2.05) is 32.0 Å². The summed E-state index contributed by atoms with van der Waals surface area (Å²) in [4.78, 5) is 40.5. The number of nitrogens with zero attached hydrogens (tertiary/aromatic N) is 6. The SMILES string of the molecule is C=CC(=O)Nc1cc(N2CCC(N3CCN(C)CC3)CC2)ccc1Nc1ncc(C#N)c(Nc2ccc(C(N)=O)cc2OC(C)C)n1. The minimum Gasteiger partial charge on any atom is -0.489 e. The topological polar surface area (TPSA) is 165 Å². The Morgan fingerprint density at radius 1 is 1.04 bits per heavy atom. The van der Waals surface area contributed by atoms with Crippen molar-refractivity contribution in [1.82, 2.24) is 19.8 Å². The van der Waals surface area contributed by atoms with Crippen LogP contribution in [-0.4, -0.2) is 90.0 Å². The number of hydrogen-bond acceptors (Lipinski definition) is 11. The molecule has 0 unspecified atom stereocenters. The monoisotopic (exact) mass is 638 g/mol. The summed E-state index contributed by atoms with van der Waals surface area (Å²) < 4.78 is 5.90. The lowest BCUT2D eigenvalue weighted by atomic mass is 10.0. The summed E-state index contributed by atoms with van der Waals surface area (Å²) in [6.07, 6.45) is 4.61. The maximum Gasteiger partial charge on any atom is 0.248 e. The molecule has 2 fully saturated rings. The standard InChI is InChI=1S/C34H42N10O3/c1-5-31(45)38-29-19-26(43-12-10-25(11-13-43)44-16-14-42(4)15-17-44)7-9-27(29)40-34-37-21-24(20-35)33(41-34)39-28-8-6-23(32(36)46)18-30(28)47-22(2)3/h5-9,18-19,21-22,25H,1,10-17H2,2-4H3,(H2,36,46)(H,38,45)(H2,37,39,40,41). The van der Waals surface area contributed by atoms with Gasteiger partial charge in [0.1, 0.15) is 17.4 Å². The summed E-state index contributed by atoms with van der Waals surface area (Å²) in [5.74, 6) is -0.134. The molecule has 2 aromatic carbocycles. The molecule has 0 radical (unpaired) electrons. The van der Waals surface area contributed by atoms with Gasteiger partial charge >= 0.3 is 0 Å². The minimum atomic E-state index is -0.586. The fourth-order valence-corrected chi connectivity index (χ4v) is 5.80. The Morgan fingerprint density at radius 3 is 2.43 bits per heavy atom. The van der Waals surface area contributed by atoms with E-state index in [0.717, 1.165) is 57.8 Å². The van der Waals surface area contributed by atoms with Gasteiger partial charge in [0.15, 0.2) is 5.82 Å². The van der Waals surface area contributed by atoms with Crippen LogP contribution in [0.2, 0.25) is 0 Å². The summed E-state index contributed by atoms with van der Waals surface area (Å²) in [5, 5.41) is 19.0. The third-order valence-corrected chi connectivity index (χ3v) is 8.37. The molecule has 0 bridgehead atoms. The zero-order chi connectivity index (χ0) is 33.5. The maximum atomic E-state index is 12.4. The number of carbonyl (C=O) groups is 2. The summed E-state index contributed by atoms with van der Waals surface area (Å²) in [6.45, 7) is 13.6. The predicted octanol–water partition coefficient (Wildman–Crippen LogP) is 4.06. The predicted molar refractivity (Wildman–Crippen MR) is 184 cm³/mol. The number of nitrogens with two attached hydrogens (primary N) is 1. The van der Waals surface area contributed by atoms with E-state index < -0.39 is 5.91 Å². The highest BCUT2D eigenvalue weighted by Crippen LogP contribution is 2.34. The number of rotatable bonds is 11. The fraction of sp³-hybridized carbons (Fsp3) is 0.382. The molecule has 5 rings (SSSR count). The lowest BCUT2D eigenvalue weighted by Crippen LogP contribution is -2.52. The molecule has 2 aliphatic heterocycles. The minimum absolute atomic E-state index is 0.188. The molecule has 246 valence electrons. The van der Waals surface area contributed by atoms with Crippen molar-refractivity contribution in [2.24, 2.45) is 5.73 Å². The van der Waals surface area contributed by atoms with Crippen molar-refractivity contribution in [3.8, 4) is 11.8 Å². The molecule has 2 saturated heterocycles. The average Bonchev–Trinajstić information content (AvgIpc) is 3.06. The Bertz CT molecular complexity index is 1650. The largest absolute Gasteiger partial charge is 0.489 e. The van der Waals surface area contributed by atoms with Gasteiger partial charge in [0, 0.05) is 56.6 Å². The first-order valence-corrected chi connectivity index (χ1v) is 15.8. The van der Waals surface area contributed by atoms with Gasteiger partial charge in [-0.3, -0.25) is 14.5 Å². The molecule has 1 aromatic heterocycles. The molecule has 47 heavy (non-hydrogen) atoms. The van der Waals surface area contributed by atoms with Crippen LogP contribution in [0, 0.1) is 11.3 Å². The van der Waals surface area contributed by atoms with Gasteiger partial charge in [-0.25, -0.2) is 4.98 Å². The molecule has 13 nitrogen and oxygen atoms in total. The average molecular weight is 639 g/mol. The van der Waals surface area contributed by atoms with Crippen LogP contribution in [0.1, 0.15) is 42.6 Å². The Labute approximate surface area is 275 Å². The number of amides is 2. The zero-order valence-corrected chi connectivity index (χ0v) is 27.1. The summed E-state index contributed by atoms with van der Waals surface area (Å²) in [5.41, 5.74) is 8.57. The highest BCUT2D eigenvalue weighted by molar-refractivity contribution is 6.02. The van der Waals surface area contributed by atoms with Crippen LogP contribution in [-0.2, 0) is 4.79 Å². The van der Waals surface area contributed by atoms with Crippen LogP contribution in [0.4, 0.5) is 34.5 Å². The first-order chi connectivity index (χ1) is 22.6. The number of nitriles is 1. The van der Waals surface area contributed by atoms with Crippen LogP contribution >= 0.6 is 0 Å². The number of likely N-dealkylation sites (N-methyl/N-ethyl adjacent to an activating group) is 1. The van der Waals surface area contributed by atoms with Crippen LogP contribution in [0.5, 0.6) is 5.75 Å². The number of primary amides is 1. The van der Waals surface area contributed by atoms with Crippen molar-refractivity contribution in [2.45, 2.75) is 38.8 Å².